The van der Waals surface area contributed by atoms with Crippen molar-refractivity contribution in [3.05, 3.63) is 21.3 Å². The third-order valence-corrected chi connectivity index (χ3v) is 3.52. The van der Waals surface area contributed by atoms with Crippen LogP contribution in [0.5, 0.6) is 0 Å². The van der Waals surface area contributed by atoms with Crippen molar-refractivity contribution in [1.82, 2.24) is 5.43 Å². The molecule has 2 nitrogen and oxygen atoms in total. The van der Waals surface area contributed by atoms with Crippen molar-refractivity contribution in [1.29, 1.82) is 0 Å². The van der Waals surface area contributed by atoms with Gasteiger partial charge in [0.05, 0.1) is 10.4 Å². The number of nitrogens with two attached hydrogens (primary N) is 1. The highest BCUT2D eigenvalue weighted by molar-refractivity contribution is 7.16. The van der Waals surface area contributed by atoms with Crippen LogP contribution in [0.3, 0.4) is 0 Å². The SMILES string of the molecule is CC(C)CCC(NN)c1ccc(Cl)s1. The molecular weight excluding hydrogens is 216 g/mol. The molecule has 3 N–H and O–H groups in total. The van der Waals surface area contributed by atoms with E-state index in [9.17, 15) is 0 Å². The van der Waals surface area contributed by atoms with E-state index < -0.39 is 0 Å². The zero-order valence-corrected chi connectivity index (χ0v) is 10.2. The van der Waals surface area contributed by atoms with Crippen molar-refractivity contribution in [2.75, 3.05) is 0 Å². The molecule has 80 valence electrons. The van der Waals surface area contributed by atoms with E-state index in [1.54, 1.807) is 11.3 Å². The summed E-state index contributed by atoms with van der Waals surface area (Å²) in [5.41, 5.74) is 2.84. The Labute approximate surface area is 94.4 Å². The molecule has 0 aliphatic heterocycles. The molecular formula is C10H17ClN2S. The number of nitrogens with one attached hydrogen (secondary N) is 1. The van der Waals surface area contributed by atoms with Crippen LogP contribution in [0.2, 0.25) is 4.34 Å². The monoisotopic (exact) mass is 232 g/mol. The Morgan fingerprint density at radius 3 is 2.57 bits per heavy atom. The van der Waals surface area contributed by atoms with Crippen molar-refractivity contribution >= 4 is 22.9 Å². The topological polar surface area (TPSA) is 38.0 Å². The number of hydrogen-bond donors (Lipinski definition) is 2. The summed E-state index contributed by atoms with van der Waals surface area (Å²) in [5, 5.41) is 0. The summed E-state index contributed by atoms with van der Waals surface area (Å²) in [5.74, 6) is 6.22. The molecule has 0 amide bonds. The third kappa shape index (κ3) is 3.58. The van der Waals surface area contributed by atoms with Crippen LogP contribution in [-0.2, 0) is 0 Å². The summed E-state index contributed by atoms with van der Waals surface area (Å²) in [6.07, 6.45) is 2.23. The van der Waals surface area contributed by atoms with E-state index in [0.717, 1.165) is 10.8 Å². The fraction of sp³-hybridized carbons (Fsp3) is 0.600. The Hall–Kier alpha value is -0.0900. The average Bonchev–Trinajstić information content (AvgIpc) is 2.53. The smallest absolute Gasteiger partial charge is 0.0931 e. The van der Waals surface area contributed by atoms with E-state index in [-0.39, 0.29) is 6.04 Å². The fourth-order valence-corrected chi connectivity index (χ4v) is 2.48. The van der Waals surface area contributed by atoms with Crippen LogP contribution in [0.15, 0.2) is 12.1 Å². The van der Waals surface area contributed by atoms with Gasteiger partial charge in [-0.1, -0.05) is 25.4 Å². The van der Waals surface area contributed by atoms with E-state index in [1.807, 2.05) is 12.1 Å². The summed E-state index contributed by atoms with van der Waals surface area (Å²) in [6.45, 7) is 4.43. The summed E-state index contributed by atoms with van der Waals surface area (Å²) >= 11 is 7.47. The molecule has 1 aromatic rings. The molecule has 1 rings (SSSR count). The van der Waals surface area contributed by atoms with Gasteiger partial charge in [0.2, 0.25) is 0 Å². The van der Waals surface area contributed by atoms with Crippen LogP contribution in [0.25, 0.3) is 0 Å². The van der Waals surface area contributed by atoms with Gasteiger partial charge in [-0.2, -0.15) is 0 Å². The maximum absolute atomic E-state index is 5.87. The molecule has 1 heterocycles. The fourth-order valence-electron chi connectivity index (χ4n) is 1.32. The zero-order chi connectivity index (χ0) is 10.6. The standard InChI is InChI=1S/C10H17ClN2S/c1-7(2)3-4-8(13-12)9-5-6-10(11)14-9/h5-8,13H,3-4,12H2,1-2H3. The van der Waals surface area contributed by atoms with Gasteiger partial charge in [0.25, 0.3) is 0 Å². The summed E-state index contributed by atoms with van der Waals surface area (Å²) in [4.78, 5) is 1.22. The Morgan fingerprint density at radius 1 is 1.43 bits per heavy atom. The molecule has 0 fully saturated rings. The quantitative estimate of drug-likeness (QED) is 0.604. The molecule has 0 radical (unpaired) electrons. The lowest BCUT2D eigenvalue weighted by Crippen LogP contribution is -2.27. The minimum Gasteiger partial charge on any atom is -0.271 e. The predicted molar refractivity (Wildman–Crippen MR) is 63.5 cm³/mol. The molecule has 1 aromatic heterocycles. The van der Waals surface area contributed by atoms with Gasteiger partial charge in [-0.15, -0.1) is 11.3 Å². The lowest BCUT2D eigenvalue weighted by atomic mass is 10.0. The van der Waals surface area contributed by atoms with Gasteiger partial charge >= 0.3 is 0 Å². The first kappa shape index (κ1) is 12.0. The van der Waals surface area contributed by atoms with Gasteiger partial charge in [-0.3, -0.25) is 11.3 Å². The summed E-state index contributed by atoms with van der Waals surface area (Å²) < 4.78 is 0.824. The van der Waals surface area contributed by atoms with Crippen LogP contribution in [0, 0.1) is 5.92 Å². The summed E-state index contributed by atoms with van der Waals surface area (Å²) in [6, 6.07) is 4.20. The Kier molecular flexibility index (Phi) is 4.89. The second kappa shape index (κ2) is 5.71. The Bertz CT molecular complexity index is 273. The van der Waals surface area contributed by atoms with Gasteiger partial charge in [-0.05, 0) is 30.9 Å². The highest BCUT2D eigenvalue weighted by Crippen LogP contribution is 2.29. The number of thiophene rings is 1. The van der Waals surface area contributed by atoms with Crippen LogP contribution < -0.4 is 11.3 Å². The van der Waals surface area contributed by atoms with Crippen LogP contribution in [0.1, 0.15) is 37.6 Å². The van der Waals surface area contributed by atoms with Crippen molar-refractivity contribution in [3.63, 3.8) is 0 Å². The second-order valence-electron chi connectivity index (χ2n) is 3.83. The molecule has 0 aromatic carbocycles. The molecule has 14 heavy (non-hydrogen) atoms. The molecule has 1 unspecified atom stereocenters. The van der Waals surface area contributed by atoms with Gasteiger partial charge in [0.1, 0.15) is 0 Å². The minimum atomic E-state index is 0.245. The number of halogens is 1. The van der Waals surface area contributed by atoms with Crippen molar-refractivity contribution in [2.24, 2.45) is 11.8 Å². The first-order chi connectivity index (χ1) is 6.63. The lowest BCUT2D eigenvalue weighted by molar-refractivity contribution is 0.453. The molecule has 4 heteroatoms. The van der Waals surface area contributed by atoms with E-state index in [2.05, 4.69) is 19.3 Å². The van der Waals surface area contributed by atoms with Gasteiger partial charge in [0, 0.05) is 4.88 Å². The summed E-state index contributed by atoms with van der Waals surface area (Å²) in [7, 11) is 0. The van der Waals surface area contributed by atoms with Crippen LogP contribution in [0.4, 0.5) is 0 Å². The van der Waals surface area contributed by atoms with Gasteiger partial charge in [0.15, 0.2) is 0 Å². The molecule has 0 saturated heterocycles. The van der Waals surface area contributed by atoms with Crippen molar-refractivity contribution in [2.45, 2.75) is 32.7 Å². The normalized spacial score (nSPS) is 13.5. The largest absolute Gasteiger partial charge is 0.271 e. The zero-order valence-electron chi connectivity index (χ0n) is 8.59. The third-order valence-electron chi connectivity index (χ3n) is 2.17. The molecule has 0 spiro atoms. The molecule has 0 aliphatic carbocycles. The molecule has 0 aliphatic rings. The predicted octanol–water partition coefficient (Wildman–Crippen LogP) is 3.34. The van der Waals surface area contributed by atoms with Crippen LogP contribution in [-0.4, -0.2) is 0 Å². The minimum absolute atomic E-state index is 0.245. The number of hydrazine groups is 1. The van der Waals surface area contributed by atoms with Gasteiger partial charge < -0.3 is 0 Å². The molecule has 0 saturated carbocycles. The second-order valence-corrected chi connectivity index (χ2v) is 5.58. The Balaban J connectivity index is 2.54. The Morgan fingerprint density at radius 2 is 2.14 bits per heavy atom. The first-order valence-corrected chi connectivity index (χ1v) is 6.04. The number of hydrogen-bond acceptors (Lipinski definition) is 3. The van der Waals surface area contributed by atoms with E-state index in [1.165, 1.54) is 11.3 Å². The van der Waals surface area contributed by atoms with E-state index in [0.29, 0.717) is 5.92 Å². The highest BCUT2D eigenvalue weighted by atomic mass is 35.5. The lowest BCUT2D eigenvalue weighted by Gasteiger charge is -2.15. The van der Waals surface area contributed by atoms with Gasteiger partial charge in [-0.25, -0.2) is 0 Å². The first-order valence-electron chi connectivity index (χ1n) is 4.85. The molecule has 1 atom stereocenters. The van der Waals surface area contributed by atoms with Crippen LogP contribution >= 0.6 is 22.9 Å². The van der Waals surface area contributed by atoms with Crippen molar-refractivity contribution < 1.29 is 0 Å². The average molecular weight is 233 g/mol. The maximum atomic E-state index is 5.87. The molecule has 0 bridgehead atoms. The van der Waals surface area contributed by atoms with Crippen molar-refractivity contribution in [3.8, 4) is 0 Å². The van der Waals surface area contributed by atoms with E-state index in [4.69, 9.17) is 17.4 Å². The maximum Gasteiger partial charge on any atom is 0.0931 e. The number of rotatable bonds is 5. The highest BCUT2D eigenvalue weighted by Gasteiger charge is 2.12. The van der Waals surface area contributed by atoms with E-state index >= 15 is 0 Å².